The number of esters is 1. The average Bonchev–Trinajstić information content (AvgIpc) is 2.81. The van der Waals surface area contributed by atoms with Crippen LogP contribution in [0.25, 0.3) is 0 Å². The first-order valence-electron chi connectivity index (χ1n) is 11.1. The molecule has 5 rings (SSSR count). The van der Waals surface area contributed by atoms with Crippen LogP contribution in [-0.2, 0) is 21.3 Å². The standard InChI is InChI=1S/C26H29NO5/c1-27-12-11-26-15-22(32-25(29)16-7-5-4-6-8-16)21(31-3)14-18(26)19(27)13-17-9-10-20(30-2)24(28)23(17)26/h4-10,14,18-19,22,28H,11-13,15H2,1-3H3/t18-,19+,22?,26+/m0/s1. The zero-order valence-electron chi connectivity index (χ0n) is 18.7. The fraction of sp³-hybridized carbons (Fsp3) is 0.423. The number of aromatic hydroxyl groups is 1. The fourth-order valence-corrected chi connectivity index (χ4v) is 6.05. The quantitative estimate of drug-likeness (QED) is 0.739. The Kier molecular flexibility index (Phi) is 5.13. The number of hydrogen-bond donors (Lipinski definition) is 1. The largest absolute Gasteiger partial charge is 0.504 e. The monoisotopic (exact) mass is 435 g/mol. The molecule has 0 radical (unpaired) electrons. The van der Waals surface area contributed by atoms with Gasteiger partial charge < -0.3 is 24.2 Å². The summed E-state index contributed by atoms with van der Waals surface area (Å²) in [6.45, 7) is 0.909. The van der Waals surface area contributed by atoms with Crippen LogP contribution in [0, 0.1) is 5.92 Å². The van der Waals surface area contributed by atoms with Crippen molar-refractivity contribution < 1.29 is 24.1 Å². The van der Waals surface area contributed by atoms with Crippen LogP contribution in [0.1, 0.15) is 34.3 Å². The maximum atomic E-state index is 12.9. The van der Waals surface area contributed by atoms with E-state index in [1.807, 2.05) is 24.3 Å². The van der Waals surface area contributed by atoms with Gasteiger partial charge in [-0.1, -0.05) is 24.3 Å². The first-order chi connectivity index (χ1) is 15.5. The smallest absolute Gasteiger partial charge is 0.338 e. The van der Waals surface area contributed by atoms with E-state index in [9.17, 15) is 9.90 Å². The summed E-state index contributed by atoms with van der Waals surface area (Å²) in [5.41, 5.74) is 2.24. The highest BCUT2D eigenvalue weighted by atomic mass is 16.6. The predicted octanol–water partition coefficient (Wildman–Crippen LogP) is 3.67. The third-order valence-electron chi connectivity index (χ3n) is 7.61. The number of carbonyl (C=O) groups excluding carboxylic acids is 1. The third-order valence-corrected chi connectivity index (χ3v) is 7.61. The Labute approximate surface area is 188 Å². The maximum Gasteiger partial charge on any atom is 0.338 e. The minimum absolute atomic E-state index is 0.147. The lowest BCUT2D eigenvalue weighted by Crippen LogP contribution is -2.61. The molecule has 1 heterocycles. The van der Waals surface area contributed by atoms with Crippen molar-refractivity contribution in [2.24, 2.45) is 5.92 Å². The van der Waals surface area contributed by atoms with E-state index in [1.54, 1.807) is 26.4 Å². The molecule has 2 aliphatic carbocycles. The molecule has 1 unspecified atom stereocenters. The van der Waals surface area contributed by atoms with Gasteiger partial charge in [-0.2, -0.15) is 0 Å². The summed E-state index contributed by atoms with van der Waals surface area (Å²) in [5, 5.41) is 11.2. The molecule has 0 spiro atoms. The molecule has 2 aromatic rings. The molecule has 3 aliphatic rings. The summed E-state index contributed by atoms with van der Waals surface area (Å²) in [7, 11) is 5.36. The van der Waals surface area contributed by atoms with Crippen LogP contribution in [0.3, 0.4) is 0 Å². The van der Waals surface area contributed by atoms with E-state index < -0.39 is 6.10 Å². The minimum Gasteiger partial charge on any atom is -0.504 e. The van der Waals surface area contributed by atoms with Crippen molar-refractivity contribution >= 4 is 5.97 Å². The van der Waals surface area contributed by atoms with E-state index in [-0.39, 0.29) is 23.1 Å². The van der Waals surface area contributed by atoms with Gasteiger partial charge in [-0.15, -0.1) is 0 Å². The number of likely N-dealkylation sites (N-methyl/N-ethyl adjacent to an activating group) is 1. The van der Waals surface area contributed by atoms with Gasteiger partial charge in [0.2, 0.25) is 0 Å². The average molecular weight is 436 g/mol. The Bertz CT molecular complexity index is 1070. The van der Waals surface area contributed by atoms with E-state index in [2.05, 4.69) is 24.1 Å². The number of fused-ring (bicyclic) bond motifs is 1. The number of methoxy groups -OCH3 is 2. The third kappa shape index (κ3) is 3.08. The van der Waals surface area contributed by atoms with Crippen LogP contribution >= 0.6 is 0 Å². The number of phenols is 1. The molecular formula is C26H29NO5. The van der Waals surface area contributed by atoms with Crippen molar-refractivity contribution in [3.8, 4) is 11.5 Å². The van der Waals surface area contributed by atoms with E-state index in [0.29, 0.717) is 29.5 Å². The van der Waals surface area contributed by atoms with Gasteiger partial charge in [0.15, 0.2) is 17.6 Å². The summed E-state index contributed by atoms with van der Waals surface area (Å²) >= 11 is 0. The van der Waals surface area contributed by atoms with Gasteiger partial charge in [0.25, 0.3) is 0 Å². The van der Waals surface area contributed by atoms with Crippen LogP contribution in [-0.4, -0.2) is 55.9 Å². The second-order valence-corrected chi connectivity index (χ2v) is 9.07. The zero-order valence-corrected chi connectivity index (χ0v) is 18.7. The molecular weight excluding hydrogens is 406 g/mol. The Hall–Kier alpha value is -2.99. The molecule has 6 nitrogen and oxygen atoms in total. The summed E-state index contributed by atoms with van der Waals surface area (Å²) in [6, 6.07) is 13.2. The van der Waals surface area contributed by atoms with Crippen molar-refractivity contribution in [3.63, 3.8) is 0 Å². The first-order valence-corrected chi connectivity index (χ1v) is 11.1. The van der Waals surface area contributed by atoms with Gasteiger partial charge in [-0.25, -0.2) is 4.79 Å². The Balaban J connectivity index is 1.60. The number of ether oxygens (including phenoxy) is 3. The molecule has 32 heavy (non-hydrogen) atoms. The number of likely N-dealkylation sites (tertiary alicyclic amines) is 1. The molecule has 1 fully saturated rings. The Morgan fingerprint density at radius 2 is 1.91 bits per heavy atom. The number of hydrogen-bond acceptors (Lipinski definition) is 6. The lowest BCUT2D eigenvalue weighted by molar-refractivity contribution is -0.0215. The van der Waals surface area contributed by atoms with Crippen LogP contribution < -0.4 is 4.74 Å². The number of nitrogens with zero attached hydrogens (tertiary/aromatic N) is 1. The zero-order chi connectivity index (χ0) is 22.5. The second-order valence-electron chi connectivity index (χ2n) is 9.07. The molecule has 6 heteroatoms. The van der Waals surface area contributed by atoms with Gasteiger partial charge in [0.1, 0.15) is 5.76 Å². The molecule has 2 aromatic carbocycles. The number of rotatable bonds is 4. The highest BCUT2D eigenvalue weighted by Gasteiger charge is 2.57. The van der Waals surface area contributed by atoms with Crippen molar-refractivity contribution in [2.75, 3.05) is 27.8 Å². The predicted molar refractivity (Wildman–Crippen MR) is 120 cm³/mol. The minimum atomic E-state index is -0.524. The Morgan fingerprint density at radius 3 is 2.62 bits per heavy atom. The lowest BCUT2D eigenvalue weighted by Gasteiger charge is -2.57. The highest BCUT2D eigenvalue weighted by Crippen LogP contribution is 2.58. The van der Waals surface area contributed by atoms with Crippen LogP contribution in [0.4, 0.5) is 0 Å². The van der Waals surface area contributed by atoms with Crippen molar-refractivity contribution in [1.29, 1.82) is 0 Å². The summed E-state index contributed by atoms with van der Waals surface area (Å²) in [4.78, 5) is 15.3. The van der Waals surface area contributed by atoms with Crippen molar-refractivity contribution in [2.45, 2.75) is 36.8 Å². The normalized spacial score (nSPS) is 28.7. The topological polar surface area (TPSA) is 68.2 Å². The summed E-state index contributed by atoms with van der Waals surface area (Å²) in [5.74, 6) is 1.15. The molecule has 168 valence electrons. The molecule has 1 saturated heterocycles. The molecule has 1 aliphatic heterocycles. The molecule has 0 aromatic heterocycles. The molecule has 0 saturated carbocycles. The van der Waals surface area contributed by atoms with Gasteiger partial charge in [-0.05, 0) is 56.3 Å². The highest BCUT2D eigenvalue weighted by molar-refractivity contribution is 5.89. The van der Waals surface area contributed by atoms with Crippen molar-refractivity contribution in [3.05, 3.63) is 71.0 Å². The van der Waals surface area contributed by atoms with Gasteiger partial charge >= 0.3 is 5.97 Å². The first kappa shape index (κ1) is 20.9. The van der Waals surface area contributed by atoms with Crippen LogP contribution in [0.15, 0.2) is 54.3 Å². The second kappa shape index (κ2) is 7.85. The maximum absolute atomic E-state index is 12.9. The van der Waals surface area contributed by atoms with Crippen LogP contribution in [0.2, 0.25) is 0 Å². The van der Waals surface area contributed by atoms with Gasteiger partial charge in [-0.3, -0.25) is 0 Å². The van der Waals surface area contributed by atoms with E-state index >= 15 is 0 Å². The van der Waals surface area contributed by atoms with E-state index in [1.165, 1.54) is 0 Å². The lowest BCUT2D eigenvalue weighted by atomic mass is 9.53. The summed E-state index contributed by atoms with van der Waals surface area (Å²) in [6.07, 6.45) is 3.87. The van der Waals surface area contributed by atoms with Crippen LogP contribution in [0.5, 0.6) is 11.5 Å². The molecule has 0 amide bonds. The summed E-state index contributed by atoms with van der Waals surface area (Å²) < 4.78 is 17.2. The number of benzene rings is 2. The molecule has 2 bridgehead atoms. The van der Waals surface area contributed by atoms with E-state index in [0.717, 1.165) is 30.5 Å². The number of phenolic OH excluding ortho intramolecular Hbond substituents is 1. The number of piperidine rings is 1. The van der Waals surface area contributed by atoms with Gasteiger partial charge in [0.05, 0.1) is 19.8 Å². The number of carbonyl (C=O) groups is 1. The van der Waals surface area contributed by atoms with E-state index in [4.69, 9.17) is 14.2 Å². The molecule has 4 atom stereocenters. The van der Waals surface area contributed by atoms with Gasteiger partial charge in [0, 0.05) is 29.4 Å². The van der Waals surface area contributed by atoms with Crippen molar-refractivity contribution in [1.82, 2.24) is 4.90 Å². The fourth-order valence-electron chi connectivity index (χ4n) is 6.05. The SMILES string of the molecule is COC1=C[C@H]2[C@H]3Cc4ccc(OC)c(O)c4[C@]2(CCN3C)CC1OC(=O)c1ccccc1. The Morgan fingerprint density at radius 1 is 1.12 bits per heavy atom. The molecule has 1 N–H and O–H groups in total.